The Morgan fingerprint density at radius 3 is 2.59 bits per heavy atom. The predicted molar refractivity (Wildman–Crippen MR) is 123 cm³/mol. The summed E-state index contributed by atoms with van der Waals surface area (Å²) in [6, 6.07) is 16.6. The monoisotopic (exact) mass is 456 g/mol. The number of nitrogens with zero attached hydrogens (tertiary/aromatic N) is 5. The molecule has 34 heavy (non-hydrogen) atoms. The van der Waals surface area contributed by atoms with Gasteiger partial charge in [-0.25, -0.2) is 18.4 Å². The van der Waals surface area contributed by atoms with Crippen LogP contribution in [0, 0.1) is 18.6 Å². The molecule has 0 unspecified atom stereocenters. The Balaban J connectivity index is 1.52. The van der Waals surface area contributed by atoms with Gasteiger partial charge in [0.25, 0.3) is 0 Å². The van der Waals surface area contributed by atoms with E-state index in [-0.39, 0.29) is 12.1 Å². The zero-order chi connectivity index (χ0) is 23.7. The highest BCUT2D eigenvalue weighted by molar-refractivity contribution is 5.92. The number of carbonyl (C=O) groups is 1. The first kappa shape index (κ1) is 21.3. The minimum absolute atomic E-state index is 0.144. The molecule has 0 radical (unpaired) electrons. The molecule has 0 saturated heterocycles. The van der Waals surface area contributed by atoms with Gasteiger partial charge in [0.15, 0.2) is 17.5 Å². The summed E-state index contributed by atoms with van der Waals surface area (Å²) in [7, 11) is 0. The number of nitrogens with one attached hydrogen (secondary N) is 1. The average molecular weight is 456 g/mol. The molecule has 9 heteroatoms. The third kappa shape index (κ3) is 4.23. The molecule has 3 aromatic heterocycles. The van der Waals surface area contributed by atoms with Crippen molar-refractivity contribution in [2.75, 3.05) is 5.32 Å². The molecule has 7 nitrogen and oxygen atoms in total. The van der Waals surface area contributed by atoms with Gasteiger partial charge in [0.2, 0.25) is 5.91 Å². The average Bonchev–Trinajstić information content (AvgIpc) is 3.25. The third-order valence-electron chi connectivity index (χ3n) is 5.18. The van der Waals surface area contributed by atoms with E-state index in [9.17, 15) is 13.6 Å². The number of hydrogen-bond acceptors (Lipinski definition) is 5. The van der Waals surface area contributed by atoms with Crippen LogP contribution in [-0.2, 0) is 11.2 Å². The Kier molecular flexibility index (Phi) is 5.51. The summed E-state index contributed by atoms with van der Waals surface area (Å²) in [6.45, 7) is 1.88. The second kappa shape index (κ2) is 8.78. The Morgan fingerprint density at radius 1 is 0.971 bits per heavy atom. The molecular weight excluding hydrogens is 438 g/mol. The molecule has 0 saturated carbocycles. The second-order valence-electron chi connectivity index (χ2n) is 7.66. The lowest BCUT2D eigenvalue weighted by Crippen LogP contribution is -2.16. The fraction of sp³-hybridized carbons (Fsp3) is 0.0800. The Hall–Kier alpha value is -4.53. The molecule has 0 fully saturated rings. The van der Waals surface area contributed by atoms with Gasteiger partial charge in [-0.2, -0.15) is 5.10 Å². The second-order valence-corrected chi connectivity index (χ2v) is 7.66. The standard InChI is InChI=1S/C25H18F2N6O/c1-15-4-2-7-23(30-15)33-22(16-8-9-19-21(12-16)29-11-10-28-19)13-17(32-33)14-24(34)31-20-6-3-5-18(26)25(20)27/h2-13H,14H2,1H3,(H,31,34). The van der Waals surface area contributed by atoms with Gasteiger partial charge >= 0.3 is 0 Å². The van der Waals surface area contributed by atoms with Crippen LogP contribution in [0.4, 0.5) is 14.5 Å². The number of aromatic nitrogens is 5. The van der Waals surface area contributed by atoms with Crippen molar-refractivity contribution in [3.05, 3.63) is 96.1 Å². The van der Waals surface area contributed by atoms with Crippen LogP contribution < -0.4 is 5.32 Å². The third-order valence-corrected chi connectivity index (χ3v) is 5.18. The molecule has 0 atom stereocenters. The normalized spacial score (nSPS) is 11.0. The largest absolute Gasteiger partial charge is 0.323 e. The summed E-state index contributed by atoms with van der Waals surface area (Å²) in [5.41, 5.74) is 4.00. The van der Waals surface area contributed by atoms with Gasteiger partial charge in [0.05, 0.1) is 34.5 Å². The molecule has 1 N–H and O–H groups in total. The number of fused-ring (bicyclic) bond motifs is 1. The van der Waals surface area contributed by atoms with Gasteiger partial charge < -0.3 is 5.32 Å². The Bertz CT molecular complexity index is 1530. The van der Waals surface area contributed by atoms with Crippen molar-refractivity contribution in [3.63, 3.8) is 0 Å². The van der Waals surface area contributed by atoms with Crippen molar-refractivity contribution in [2.24, 2.45) is 0 Å². The predicted octanol–water partition coefficient (Wildman–Crippen LogP) is 4.65. The molecule has 0 aliphatic heterocycles. The van der Waals surface area contributed by atoms with Gasteiger partial charge in [-0.15, -0.1) is 0 Å². The number of pyridine rings is 1. The smallest absolute Gasteiger partial charge is 0.230 e. The molecule has 3 heterocycles. The van der Waals surface area contributed by atoms with E-state index in [2.05, 4.69) is 25.4 Å². The fourth-order valence-electron chi connectivity index (χ4n) is 3.63. The van der Waals surface area contributed by atoms with Gasteiger partial charge in [0.1, 0.15) is 0 Å². The van der Waals surface area contributed by atoms with Gasteiger partial charge in [-0.05, 0) is 49.4 Å². The number of benzene rings is 2. The van der Waals surface area contributed by atoms with E-state index < -0.39 is 17.5 Å². The molecule has 0 bridgehead atoms. The van der Waals surface area contributed by atoms with Crippen LogP contribution >= 0.6 is 0 Å². The van der Waals surface area contributed by atoms with Crippen molar-refractivity contribution in [3.8, 4) is 17.1 Å². The zero-order valence-electron chi connectivity index (χ0n) is 18.0. The lowest BCUT2D eigenvalue weighted by atomic mass is 10.1. The van der Waals surface area contributed by atoms with Crippen LogP contribution in [0.2, 0.25) is 0 Å². The van der Waals surface area contributed by atoms with Gasteiger partial charge in [-0.1, -0.05) is 18.2 Å². The van der Waals surface area contributed by atoms with Crippen LogP contribution in [0.25, 0.3) is 28.1 Å². The van der Waals surface area contributed by atoms with E-state index in [0.717, 1.165) is 22.8 Å². The fourth-order valence-corrected chi connectivity index (χ4v) is 3.63. The molecule has 0 spiro atoms. The molecule has 5 aromatic rings. The lowest BCUT2D eigenvalue weighted by molar-refractivity contribution is -0.115. The van der Waals surface area contributed by atoms with Crippen molar-refractivity contribution >= 4 is 22.6 Å². The summed E-state index contributed by atoms with van der Waals surface area (Å²) in [5.74, 6) is -2.09. The van der Waals surface area contributed by atoms with Crippen LogP contribution in [0.3, 0.4) is 0 Å². The number of aryl methyl sites for hydroxylation is 1. The quantitative estimate of drug-likeness (QED) is 0.416. The highest BCUT2D eigenvalue weighted by Gasteiger charge is 2.17. The maximum Gasteiger partial charge on any atom is 0.230 e. The molecule has 0 aliphatic carbocycles. The van der Waals surface area contributed by atoms with Crippen LogP contribution in [-0.4, -0.2) is 30.6 Å². The van der Waals surface area contributed by atoms with E-state index in [1.807, 2.05) is 43.3 Å². The minimum atomic E-state index is -1.11. The van der Waals surface area contributed by atoms with E-state index in [1.165, 1.54) is 12.1 Å². The SMILES string of the molecule is Cc1cccc(-n2nc(CC(=O)Nc3cccc(F)c3F)cc2-c2ccc3nccnc3c2)n1. The number of rotatable bonds is 5. The lowest BCUT2D eigenvalue weighted by Gasteiger charge is -2.08. The molecule has 0 aliphatic rings. The first-order valence-corrected chi connectivity index (χ1v) is 10.5. The van der Waals surface area contributed by atoms with Crippen molar-refractivity contribution < 1.29 is 13.6 Å². The number of carbonyl (C=O) groups excluding carboxylic acids is 1. The Morgan fingerprint density at radius 2 is 1.76 bits per heavy atom. The van der Waals surface area contributed by atoms with Gasteiger partial charge in [-0.3, -0.25) is 14.8 Å². The number of amides is 1. The maximum atomic E-state index is 13.9. The minimum Gasteiger partial charge on any atom is -0.323 e. The topological polar surface area (TPSA) is 85.6 Å². The number of anilines is 1. The summed E-state index contributed by atoms with van der Waals surface area (Å²) < 4.78 is 29.1. The Labute approximate surface area is 193 Å². The van der Waals surface area contributed by atoms with E-state index in [0.29, 0.717) is 22.7 Å². The number of halogens is 2. The molecule has 1 amide bonds. The number of hydrogen-bond donors (Lipinski definition) is 1. The summed E-state index contributed by atoms with van der Waals surface area (Å²) in [6.07, 6.45) is 3.10. The first-order valence-electron chi connectivity index (χ1n) is 10.5. The van der Waals surface area contributed by atoms with Crippen LogP contribution in [0.15, 0.2) is 73.1 Å². The summed E-state index contributed by atoms with van der Waals surface area (Å²) >= 11 is 0. The maximum absolute atomic E-state index is 13.9. The zero-order valence-corrected chi connectivity index (χ0v) is 18.0. The van der Waals surface area contributed by atoms with E-state index in [4.69, 9.17) is 0 Å². The van der Waals surface area contributed by atoms with Crippen molar-refractivity contribution in [1.29, 1.82) is 0 Å². The van der Waals surface area contributed by atoms with Crippen molar-refractivity contribution in [2.45, 2.75) is 13.3 Å². The summed E-state index contributed by atoms with van der Waals surface area (Å²) in [4.78, 5) is 25.8. The highest BCUT2D eigenvalue weighted by atomic mass is 19.2. The van der Waals surface area contributed by atoms with Crippen LogP contribution in [0.5, 0.6) is 0 Å². The molecule has 168 valence electrons. The van der Waals surface area contributed by atoms with E-state index in [1.54, 1.807) is 23.1 Å². The molecule has 5 rings (SSSR count). The first-order chi connectivity index (χ1) is 16.5. The molecule has 2 aromatic carbocycles. The summed E-state index contributed by atoms with van der Waals surface area (Å²) in [5, 5.41) is 6.99. The highest BCUT2D eigenvalue weighted by Crippen LogP contribution is 2.26. The molecular formula is C25H18F2N6O. The van der Waals surface area contributed by atoms with Crippen LogP contribution in [0.1, 0.15) is 11.4 Å². The van der Waals surface area contributed by atoms with Gasteiger partial charge in [0, 0.05) is 23.7 Å². The van der Waals surface area contributed by atoms with E-state index >= 15 is 0 Å². The van der Waals surface area contributed by atoms with Crippen molar-refractivity contribution in [1.82, 2.24) is 24.7 Å².